The number of aromatic nitrogens is 3. The van der Waals surface area contributed by atoms with E-state index in [0.717, 1.165) is 30.0 Å². The van der Waals surface area contributed by atoms with Gasteiger partial charge in [-0.15, -0.1) is 10.2 Å². The highest BCUT2D eigenvalue weighted by molar-refractivity contribution is 8.00. The van der Waals surface area contributed by atoms with Crippen LogP contribution < -0.4 is 5.32 Å². The molecule has 28 heavy (non-hydrogen) atoms. The van der Waals surface area contributed by atoms with E-state index in [9.17, 15) is 9.59 Å². The Morgan fingerprint density at radius 1 is 1.25 bits per heavy atom. The van der Waals surface area contributed by atoms with Crippen molar-refractivity contribution < 1.29 is 9.59 Å². The fourth-order valence-electron chi connectivity index (χ4n) is 2.97. The van der Waals surface area contributed by atoms with Crippen LogP contribution in [0.15, 0.2) is 29.4 Å². The molecule has 7 nitrogen and oxygen atoms in total. The van der Waals surface area contributed by atoms with E-state index in [1.54, 1.807) is 19.0 Å². The molecule has 1 aliphatic rings. The van der Waals surface area contributed by atoms with Gasteiger partial charge >= 0.3 is 0 Å². The number of nitrogens with one attached hydrogen (secondary N) is 1. The zero-order valence-corrected chi connectivity index (χ0v) is 17.8. The van der Waals surface area contributed by atoms with Crippen molar-refractivity contribution in [1.29, 1.82) is 0 Å². The summed E-state index contributed by atoms with van der Waals surface area (Å²) in [6.45, 7) is 5.57. The number of benzene rings is 1. The van der Waals surface area contributed by atoms with Crippen molar-refractivity contribution in [2.75, 3.05) is 19.4 Å². The minimum absolute atomic E-state index is 0.0644. The van der Waals surface area contributed by atoms with Gasteiger partial charge in [-0.25, -0.2) is 0 Å². The summed E-state index contributed by atoms with van der Waals surface area (Å²) in [5.41, 5.74) is 1.61. The van der Waals surface area contributed by atoms with Crippen LogP contribution in [0.2, 0.25) is 0 Å². The Morgan fingerprint density at radius 2 is 1.96 bits per heavy atom. The van der Waals surface area contributed by atoms with E-state index in [4.69, 9.17) is 0 Å². The molecule has 3 rings (SSSR count). The van der Waals surface area contributed by atoms with E-state index in [2.05, 4.69) is 15.5 Å². The van der Waals surface area contributed by atoms with Gasteiger partial charge < -0.3 is 10.2 Å². The number of hydrogen-bond acceptors (Lipinski definition) is 5. The molecule has 1 N–H and O–H groups in total. The molecule has 1 aliphatic carbocycles. The highest BCUT2D eigenvalue weighted by Gasteiger charge is 2.33. The second-order valence-corrected chi connectivity index (χ2v) is 8.81. The lowest BCUT2D eigenvalue weighted by Crippen LogP contribution is -2.35. The maximum Gasteiger partial charge on any atom is 0.235 e. The predicted molar refractivity (Wildman–Crippen MR) is 111 cm³/mol. The maximum absolute atomic E-state index is 12.7. The van der Waals surface area contributed by atoms with E-state index >= 15 is 0 Å². The molecule has 0 radical (unpaired) electrons. The molecule has 0 spiro atoms. The molecule has 1 aromatic heterocycles. The normalized spacial score (nSPS) is 14.8. The fraction of sp³-hybridized carbons (Fsp3) is 0.500. The Morgan fingerprint density at radius 3 is 2.54 bits per heavy atom. The molecule has 0 aliphatic heterocycles. The molecule has 150 valence electrons. The van der Waals surface area contributed by atoms with E-state index in [1.165, 1.54) is 18.7 Å². The van der Waals surface area contributed by atoms with Crippen molar-refractivity contribution in [1.82, 2.24) is 19.7 Å². The average Bonchev–Trinajstić information content (AvgIpc) is 3.38. The molecule has 1 saturated carbocycles. The smallest absolute Gasteiger partial charge is 0.235 e. The molecule has 1 unspecified atom stereocenters. The zero-order valence-electron chi connectivity index (χ0n) is 17.0. The van der Waals surface area contributed by atoms with Gasteiger partial charge in [0, 0.05) is 32.6 Å². The van der Waals surface area contributed by atoms with Gasteiger partial charge in [-0.05, 0) is 37.0 Å². The average molecular weight is 402 g/mol. The van der Waals surface area contributed by atoms with Crippen LogP contribution in [0.4, 0.5) is 5.69 Å². The predicted octanol–water partition coefficient (Wildman–Crippen LogP) is 3.31. The van der Waals surface area contributed by atoms with Crippen LogP contribution in [0.25, 0.3) is 5.69 Å². The maximum atomic E-state index is 12.7. The number of rotatable bonds is 7. The highest BCUT2D eigenvalue weighted by atomic mass is 32.2. The van der Waals surface area contributed by atoms with E-state index in [1.807, 2.05) is 42.7 Å². The van der Waals surface area contributed by atoms with Crippen molar-refractivity contribution in [2.24, 2.45) is 5.92 Å². The van der Waals surface area contributed by atoms with Crippen molar-refractivity contribution in [3.8, 4) is 5.69 Å². The Bertz CT molecular complexity index is 873. The first-order chi connectivity index (χ1) is 13.3. The SMILES string of the molecule is CC(=O)Nc1cccc(-n2c(SC(C(=O)N(C)C)C(C)C)nnc2C2CC2)c1. The molecule has 1 fully saturated rings. The monoisotopic (exact) mass is 401 g/mol. The number of hydrogen-bond donors (Lipinski definition) is 1. The molecule has 8 heteroatoms. The Balaban J connectivity index is 2.00. The van der Waals surface area contributed by atoms with Gasteiger partial charge in [0.05, 0.1) is 10.9 Å². The van der Waals surface area contributed by atoms with Crippen LogP contribution in [0.1, 0.15) is 45.4 Å². The third-order valence-electron chi connectivity index (χ3n) is 4.55. The minimum Gasteiger partial charge on any atom is -0.348 e. The van der Waals surface area contributed by atoms with Crippen LogP contribution in [0.3, 0.4) is 0 Å². The van der Waals surface area contributed by atoms with Gasteiger partial charge in [-0.2, -0.15) is 0 Å². The second kappa shape index (κ2) is 8.34. The largest absolute Gasteiger partial charge is 0.348 e. The summed E-state index contributed by atoms with van der Waals surface area (Å²) in [4.78, 5) is 25.7. The van der Waals surface area contributed by atoms with Crippen molar-refractivity contribution in [3.05, 3.63) is 30.1 Å². The standard InChI is InChI=1S/C20H27N5O2S/c1-12(2)17(19(27)24(4)5)28-20-23-22-18(14-9-10-14)25(20)16-8-6-7-15(11-16)21-13(3)26/h6-8,11-12,14,17H,9-10H2,1-5H3,(H,21,26). The fourth-order valence-corrected chi connectivity index (χ4v) is 4.18. The number of amides is 2. The van der Waals surface area contributed by atoms with Crippen LogP contribution >= 0.6 is 11.8 Å². The molecule has 2 aromatic rings. The van der Waals surface area contributed by atoms with Crippen LogP contribution in [-0.2, 0) is 9.59 Å². The summed E-state index contributed by atoms with van der Waals surface area (Å²) in [5, 5.41) is 12.1. The minimum atomic E-state index is -0.247. The first kappa shape index (κ1) is 20.4. The molecule has 0 saturated heterocycles. The summed E-state index contributed by atoms with van der Waals surface area (Å²) in [5.74, 6) is 1.42. The lowest BCUT2D eigenvalue weighted by molar-refractivity contribution is -0.128. The zero-order chi connectivity index (χ0) is 20.4. The summed E-state index contributed by atoms with van der Waals surface area (Å²) in [7, 11) is 3.55. The van der Waals surface area contributed by atoms with Crippen LogP contribution in [0.5, 0.6) is 0 Å². The van der Waals surface area contributed by atoms with Gasteiger partial charge in [0.2, 0.25) is 11.8 Å². The van der Waals surface area contributed by atoms with Crippen LogP contribution in [0, 0.1) is 5.92 Å². The third kappa shape index (κ3) is 4.55. The van der Waals surface area contributed by atoms with Crippen molar-refractivity contribution >= 4 is 29.3 Å². The highest BCUT2D eigenvalue weighted by Crippen LogP contribution is 2.42. The molecule has 1 atom stereocenters. The van der Waals surface area contributed by atoms with Gasteiger partial charge in [0.25, 0.3) is 0 Å². The quantitative estimate of drug-likeness (QED) is 0.720. The first-order valence-electron chi connectivity index (χ1n) is 9.49. The van der Waals surface area contributed by atoms with Gasteiger partial charge in [0.15, 0.2) is 5.16 Å². The number of thioether (sulfide) groups is 1. The van der Waals surface area contributed by atoms with E-state index in [-0.39, 0.29) is 23.0 Å². The Labute approximate surface area is 169 Å². The molecule has 1 aromatic carbocycles. The number of carbonyl (C=O) groups is 2. The second-order valence-electron chi connectivity index (χ2n) is 7.70. The Hall–Kier alpha value is -2.35. The summed E-state index contributed by atoms with van der Waals surface area (Å²) in [6, 6.07) is 7.64. The summed E-state index contributed by atoms with van der Waals surface area (Å²) in [6.07, 6.45) is 2.19. The van der Waals surface area contributed by atoms with Crippen molar-refractivity contribution in [3.63, 3.8) is 0 Å². The number of anilines is 1. The molecule has 1 heterocycles. The first-order valence-corrected chi connectivity index (χ1v) is 10.4. The summed E-state index contributed by atoms with van der Waals surface area (Å²) < 4.78 is 2.03. The molecular weight excluding hydrogens is 374 g/mol. The molecular formula is C20H27N5O2S. The molecule has 0 bridgehead atoms. The number of nitrogens with zero attached hydrogens (tertiary/aromatic N) is 4. The van der Waals surface area contributed by atoms with Gasteiger partial charge in [0.1, 0.15) is 5.82 Å². The Kier molecular flexibility index (Phi) is 6.07. The third-order valence-corrected chi connectivity index (χ3v) is 6.02. The topological polar surface area (TPSA) is 80.1 Å². The van der Waals surface area contributed by atoms with Gasteiger partial charge in [-0.1, -0.05) is 31.7 Å². The number of carbonyl (C=O) groups excluding carboxylic acids is 2. The van der Waals surface area contributed by atoms with Crippen LogP contribution in [-0.4, -0.2) is 50.8 Å². The van der Waals surface area contributed by atoms with E-state index < -0.39 is 0 Å². The lowest BCUT2D eigenvalue weighted by Gasteiger charge is -2.23. The molecule has 2 amide bonds. The van der Waals surface area contributed by atoms with Crippen molar-refractivity contribution in [2.45, 2.75) is 49.9 Å². The summed E-state index contributed by atoms with van der Waals surface area (Å²) >= 11 is 1.45. The van der Waals surface area contributed by atoms with Gasteiger partial charge in [-0.3, -0.25) is 14.2 Å². The lowest BCUT2D eigenvalue weighted by atomic mass is 10.1. The van der Waals surface area contributed by atoms with E-state index in [0.29, 0.717) is 11.1 Å².